The lowest BCUT2D eigenvalue weighted by Crippen LogP contribution is -2.32. The summed E-state index contributed by atoms with van der Waals surface area (Å²) in [5.74, 6) is 1.61. The van der Waals surface area contributed by atoms with Crippen molar-refractivity contribution in [3.63, 3.8) is 0 Å². The van der Waals surface area contributed by atoms with Crippen molar-refractivity contribution in [2.45, 2.75) is 59.5 Å². The number of carbonyl (C=O) groups is 1. The highest BCUT2D eigenvalue weighted by Gasteiger charge is 2.25. The Hall–Kier alpha value is -2.34. The molecular formula is C27H31Cl2NO4. The quantitative estimate of drug-likeness (QED) is 0.310. The summed E-state index contributed by atoms with van der Waals surface area (Å²) in [6.45, 7) is 11.3. The summed E-state index contributed by atoms with van der Waals surface area (Å²) < 4.78 is 11.9. The topological polar surface area (TPSA) is 72.6 Å². The predicted molar refractivity (Wildman–Crippen MR) is 136 cm³/mol. The van der Waals surface area contributed by atoms with E-state index in [2.05, 4.69) is 0 Å². The monoisotopic (exact) mass is 503 g/mol. The number of benzene rings is 2. The van der Waals surface area contributed by atoms with Crippen LogP contribution in [-0.4, -0.2) is 28.1 Å². The molecule has 0 bridgehead atoms. The Morgan fingerprint density at radius 1 is 1.15 bits per heavy atom. The summed E-state index contributed by atoms with van der Waals surface area (Å²) in [5.41, 5.74) is 2.15. The van der Waals surface area contributed by atoms with Crippen LogP contribution in [0.4, 0.5) is 0 Å². The van der Waals surface area contributed by atoms with E-state index >= 15 is 0 Å². The van der Waals surface area contributed by atoms with E-state index in [9.17, 15) is 9.90 Å². The predicted octanol–water partition coefficient (Wildman–Crippen LogP) is 7.29. The van der Waals surface area contributed by atoms with Crippen molar-refractivity contribution in [3.8, 4) is 17.2 Å². The van der Waals surface area contributed by atoms with Gasteiger partial charge in [0, 0.05) is 28.8 Å². The van der Waals surface area contributed by atoms with Crippen LogP contribution < -0.4 is 4.74 Å². The van der Waals surface area contributed by atoms with Gasteiger partial charge in [0.15, 0.2) is 5.78 Å². The normalized spacial score (nSPS) is 12.8. The number of carbonyl (C=O) groups excluding carboxylic acids is 1. The Labute approximate surface area is 211 Å². The molecule has 0 fully saturated rings. The molecular weight excluding hydrogens is 473 g/mol. The van der Waals surface area contributed by atoms with Crippen molar-refractivity contribution in [2.24, 2.45) is 5.92 Å². The zero-order valence-electron chi connectivity index (χ0n) is 20.4. The zero-order chi connectivity index (χ0) is 25.2. The van der Waals surface area contributed by atoms with Crippen LogP contribution in [0.15, 0.2) is 40.8 Å². The second kappa shape index (κ2) is 10.5. The minimum atomic E-state index is -0.700. The van der Waals surface area contributed by atoms with Gasteiger partial charge < -0.3 is 14.3 Å². The molecule has 1 unspecified atom stereocenters. The Morgan fingerprint density at radius 2 is 1.85 bits per heavy atom. The Morgan fingerprint density at radius 3 is 2.44 bits per heavy atom. The van der Waals surface area contributed by atoms with Crippen molar-refractivity contribution in [3.05, 3.63) is 69.0 Å². The van der Waals surface area contributed by atoms with E-state index in [0.717, 1.165) is 17.0 Å². The first kappa shape index (κ1) is 26.3. The van der Waals surface area contributed by atoms with Crippen LogP contribution in [0.2, 0.25) is 10.0 Å². The molecule has 5 nitrogen and oxygen atoms in total. The second-order valence-electron chi connectivity index (χ2n) is 9.58. The molecule has 3 aromatic rings. The molecule has 182 valence electrons. The van der Waals surface area contributed by atoms with Gasteiger partial charge in [0.25, 0.3) is 0 Å². The number of nitrogens with zero attached hydrogens (tertiary/aromatic N) is 1. The molecule has 0 aliphatic rings. The van der Waals surface area contributed by atoms with Crippen LogP contribution in [0.25, 0.3) is 11.5 Å². The highest BCUT2D eigenvalue weighted by Crippen LogP contribution is 2.34. The Bertz CT molecular complexity index is 1180. The molecule has 0 saturated carbocycles. The molecule has 1 N–H and O–H groups in total. The highest BCUT2D eigenvalue weighted by molar-refractivity contribution is 6.36. The number of Topliss-reactive ketones (excluding diaryl/α,β-unsaturated/α-hetero) is 1. The fourth-order valence-electron chi connectivity index (χ4n) is 3.65. The summed E-state index contributed by atoms with van der Waals surface area (Å²) in [7, 11) is 0. The lowest BCUT2D eigenvalue weighted by Gasteiger charge is -2.25. The second-order valence-corrected chi connectivity index (χ2v) is 10.4. The number of hydrogen-bond donors (Lipinski definition) is 1. The van der Waals surface area contributed by atoms with Gasteiger partial charge in [0.2, 0.25) is 5.89 Å². The minimum absolute atomic E-state index is 0.0137. The first-order chi connectivity index (χ1) is 15.9. The largest absolute Gasteiger partial charge is 0.485 e. The summed E-state index contributed by atoms with van der Waals surface area (Å²) in [6, 6.07) is 10.5. The average Bonchev–Trinajstić information content (AvgIpc) is 3.18. The molecule has 0 saturated heterocycles. The van der Waals surface area contributed by atoms with Crippen LogP contribution in [0.1, 0.15) is 67.9 Å². The van der Waals surface area contributed by atoms with Crippen molar-refractivity contribution < 1.29 is 19.1 Å². The van der Waals surface area contributed by atoms with Gasteiger partial charge in [0.05, 0.1) is 22.9 Å². The number of ketones is 1. The maximum absolute atomic E-state index is 13.2. The number of hydrogen-bond acceptors (Lipinski definition) is 5. The molecule has 1 aromatic heterocycles. The number of aryl methyl sites for hydroxylation is 1. The van der Waals surface area contributed by atoms with Gasteiger partial charge in [-0.15, -0.1) is 0 Å². The van der Waals surface area contributed by atoms with Crippen LogP contribution >= 0.6 is 23.2 Å². The molecule has 34 heavy (non-hydrogen) atoms. The van der Waals surface area contributed by atoms with Crippen LogP contribution in [0.3, 0.4) is 0 Å². The first-order valence-corrected chi connectivity index (χ1v) is 12.1. The number of halogens is 2. The molecule has 0 aliphatic heterocycles. The average molecular weight is 504 g/mol. The number of aromatic nitrogens is 1. The highest BCUT2D eigenvalue weighted by atomic mass is 35.5. The van der Waals surface area contributed by atoms with Crippen LogP contribution in [0, 0.1) is 12.8 Å². The van der Waals surface area contributed by atoms with E-state index in [0.29, 0.717) is 39.2 Å². The Balaban J connectivity index is 1.83. The van der Waals surface area contributed by atoms with Gasteiger partial charge in [-0.25, -0.2) is 4.98 Å². The lowest BCUT2D eigenvalue weighted by atomic mass is 9.92. The minimum Gasteiger partial charge on any atom is -0.485 e. The molecule has 0 radical (unpaired) electrons. The number of oxazole rings is 1. The van der Waals surface area contributed by atoms with Gasteiger partial charge in [-0.2, -0.15) is 0 Å². The van der Waals surface area contributed by atoms with E-state index in [1.807, 2.05) is 47.6 Å². The summed E-state index contributed by atoms with van der Waals surface area (Å²) in [6.07, 6.45) is 0.440. The molecule has 2 aromatic carbocycles. The first-order valence-electron chi connectivity index (χ1n) is 11.3. The van der Waals surface area contributed by atoms with Gasteiger partial charge in [0.1, 0.15) is 17.1 Å². The van der Waals surface area contributed by atoms with Crippen molar-refractivity contribution in [1.29, 1.82) is 0 Å². The van der Waals surface area contributed by atoms with E-state index < -0.39 is 5.60 Å². The molecule has 0 spiro atoms. The van der Waals surface area contributed by atoms with Crippen molar-refractivity contribution in [1.82, 2.24) is 4.98 Å². The van der Waals surface area contributed by atoms with Crippen LogP contribution in [-0.2, 0) is 6.42 Å². The molecule has 1 heterocycles. The number of ether oxygens (including phenoxy) is 1. The smallest absolute Gasteiger partial charge is 0.228 e. The van der Waals surface area contributed by atoms with E-state index in [4.69, 9.17) is 37.3 Å². The van der Waals surface area contributed by atoms with Gasteiger partial charge >= 0.3 is 0 Å². The SMILES string of the molecule is Cc1cc(C(=O)C(C)Cc2nc(-c3ccc(Cl)cc3Cl)oc2C(C)C)ccc1OC(C)(C)CO. The molecule has 0 amide bonds. The van der Waals surface area contributed by atoms with E-state index in [1.165, 1.54) is 0 Å². The number of aliphatic hydroxyl groups excluding tert-OH is 1. The third kappa shape index (κ3) is 6.01. The zero-order valence-corrected chi connectivity index (χ0v) is 21.9. The maximum atomic E-state index is 13.2. The molecule has 3 rings (SSSR count). The fourth-order valence-corrected chi connectivity index (χ4v) is 4.14. The molecule has 0 aliphatic carbocycles. The summed E-state index contributed by atoms with van der Waals surface area (Å²) in [5, 5.41) is 10.5. The maximum Gasteiger partial charge on any atom is 0.228 e. The van der Waals surface area contributed by atoms with Gasteiger partial charge in [-0.1, -0.05) is 44.0 Å². The van der Waals surface area contributed by atoms with E-state index in [-0.39, 0.29) is 24.2 Å². The van der Waals surface area contributed by atoms with Crippen molar-refractivity contribution in [2.75, 3.05) is 6.61 Å². The molecule has 7 heteroatoms. The lowest BCUT2D eigenvalue weighted by molar-refractivity contribution is 0.0406. The standard InChI is InChI=1S/C27H31Cl2NO4/c1-15(2)25-22(30-26(33-25)20-9-8-19(28)13-21(20)29)12-17(4)24(32)18-7-10-23(16(3)11-18)34-27(5,6)14-31/h7-11,13,15,17,31H,12,14H2,1-6H3. The van der Waals surface area contributed by atoms with Gasteiger partial charge in [-0.05, 0) is 62.7 Å². The third-order valence-electron chi connectivity index (χ3n) is 5.59. The van der Waals surface area contributed by atoms with Crippen molar-refractivity contribution >= 4 is 29.0 Å². The van der Waals surface area contributed by atoms with E-state index in [1.54, 1.807) is 30.3 Å². The third-order valence-corrected chi connectivity index (χ3v) is 6.13. The number of aliphatic hydroxyl groups is 1. The summed E-state index contributed by atoms with van der Waals surface area (Å²) in [4.78, 5) is 17.9. The molecule has 1 atom stereocenters. The van der Waals surface area contributed by atoms with Crippen LogP contribution in [0.5, 0.6) is 5.75 Å². The van der Waals surface area contributed by atoms with Gasteiger partial charge in [-0.3, -0.25) is 4.79 Å². The number of rotatable bonds is 9. The fraction of sp³-hybridized carbons (Fsp3) is 0.407. The summed E-state index contributed by atoms with van der Waals surface area (Å²) >= 11 is 12.4. The Kier molecular flexibility index (Phi) is 8.12.